The average molecular weight is 1170 g/mol. The zero-order chi connectivity index (χ0) is 53.5. The second-order valence-electron chi connectivity index (χ2n) is 18.7. The molecule has 0 spiro atoms. The summed E-state index contributed by atoms with van der Waals surface area (Å²) in [4.78, 5) is 75.3. The molecule has 11 nitrogen and oxygen atoms in total. The van der Waals surface area contributed by atoms with E-state index < -0.39 is 47.7 Å². The second kappa shape index (κ2) is 27.4. The van der Waals surface area contributed by atoms with Crippen molar-refractivity contribution in [1.29, 1.82) is 0 Å². The molecule has 73 heavy (non-hydrogen) atoms. The molecule has 2 aliphatic carbocycles. The molecule has 0 radical (unpaired) electrons. The molecule has 0 bridgehead atoms. The number of nitrogens with one attached hydrogen (secondary N) is 5. The summed E-state index contributed by atoms with van der Waals surface area (Å²) in [6.07, 6.45) is -0.620. The number of alkyl halides is 6. The van der Waals surface area contributed by atoms with Crippen molar-refractivity contribution in [2.45, 2.75) is 121 Å². The Morgan fingerprint density at radius 2 is 1.18 bits per heavy atom. The van der Waals surface area contributed by atoms with E-state index in [9.17, 15) is 55.1 Å². The summed E-state index contributed by atoms with van der Waals surface area (Å²) >= 11 is 14.4. The fourth-order valence-corrected chi connectivity index (χ4v) is 9.73. The van der Waals surface area contributed by atoms with Gasteiger partial charge in [0.05, 0.1) is 24.2 Å². The van der Waals surface area contributed by atoms with Crippen molar-refractivity contribution >= 4 is 81.1 Å². The van der Waals surface area contributed by atoms with Crippen molar-refractivity contribution in [3.63, 3.8) is 0 Å². The van der Waals surface area contributed by atoms with E-state index in [2.05, 4.69) is 49.2 Å². The van der Waals surface area contributed by atoms with Crippen molar-refractivity contribution in [3.05, 3.63) is 137 Å². The van der Waals surface area contributed by atoms with Crippen LogP contribution in [0.1, 0.15) is 131 Å². The highest BCUT2D eigenvalue weighted by atomic mass is 127. The molecule has 4 aromatic rings. The Kier molecular flexibility index (Phi) is 22.0. The molecule has 20 heteroatoms. The van der Waals surface area contributed by atoms with Crippen LogP contribution in [0.4, 0.5) is 26.3 Å². The molecule has 0 saturated heterocycles. The Bertz CT molecular complexity index is 2580. The third-order valence-corrected chi connectivity index (χ3v) is 13.9. The van der Waals surface area contributed by atoms with Crippen LogP contribution in [0.5, 0.6) is 0 Å². The molecule has 5 N–H and O–H groups in total. The highest BCUT2D eigenvalue weighted by molar-refractivity contribution is 14.1. The summed E-state index contributed by atoms with van der Waals surface area (Å²) in [5.41, 5.74) is -0.686. The molecule has 6 rings (SSSR count). The van der Waals surface area contributed by atoms with Crippen LogP contribution in [0, 0.1) is 15.4 Å². The molecule has 0 heterocycles. The average Bonchev–Trinajstić information content (AvgIpc) is 3.33. The smallest absolute Gasteiger partial charge is 0.352 e. The summed E-state index contributed by atoms with van der Waals surface area (Å²) < 4.78 is 79.5. The van der Waals surface area contributed by atoms with Crippen molar-refractivity contribution in [1.82, 2.24) is 26.6 Å². The van der Waals surface area contributed by atoms with Gasteiger partial charge in [0, 0.05) is 61.3 Å². The Balaban J connectivity index is 0.000000276. The van der Waals surface area contributed by atoms with Gasteiger partial charge in [-0.05, 0) is 151 Å². The van der Waals surface area contributed by atoms with Gasteiger partial charge in [-0.1, -0.05) is 80.9 Å². The van der Waals surface area contributed by atoms with Gasteiger partial charge >= 0.3 is 12.4 Å². The van der Waals surface area contributed by atoms with E-state index in [-0.39, 0.29) is 83.6 Å². The molecule has 0 unspecified atom stereocenters. The van der Waals surface area contributed by atoms with Crippen molar-refractivity contribution in [2.24, 2.45) is 11.8 Å². The van der Waals surface area contributed by atoms with E-state index in [0.29, 0.717) is 34.5 Å². The Hall–Kier alpha value is -5.21. The van der Waals surface area contributed by atoms with Crippen LogP contribution >= 0.6 is 45.8 Å². The lowest BCUT2D eigenvalue weighted by atomic mass is 9.81. The Morgan fingerprint density at radius 1 is 0.616 bits per heavy atom. The predicted molar refractivity (Wildman–Crippen MR) is 275 cm³/mol. The van der Waals surface area contributed by atoms with Gasteiger partial charge in [0.1, 0.15) is 5.78 Å². The first-order valence-corrected chi connectivity index (χ1v) is 25.8. The van der Waals surface area contributed by atoms with Crippen LogP contribution in [0.3, 0.4) is 0 Å². The van der Waals surface area contributed by atoms with Crippen LogP contribution in [0.15, 0.2) is 84.9 Å². The second-order valence-corrected chi connectivity index (χ2v) is 20.8. The lowest BCUT2D eigenvalue weighted by Crippen LogP contribution is -2.54. The zero-order valence-electron chi connectivity index (χ0n) is 40.2. The predicted octanol–water partition coefficient (Wildman–Crippen LogP) is 11.1. The number of benzene rings is 4. The van der Waals surface area contributed by atoms with Crippen molar-refractivity contribution in [2.75, 3.05) is 13.1 Å². The number of ketones is 1. The van der Waals surface area contributed by atoms with Gasteiger partial charge in [0.15, 0.2) is 0 Å². The number of hydrogen-bond donors (Lipinski definition) is 5. The quantitative estimate of drug-likeness (QED) is 0.0522. The Morgan fingerprint density at radius 3 is 1.79 bits per heavy atom. The Labute approximate surface area is 444 Å². The summed E-state index contributed by atoms with van der Waals surface area (Å²) in [5, 5.41) is 14.8. The fourth-order valence-electron chi connectivity index (χ4n) is 8.87. The number of carbonyl (C=O) groups is 6. The van der Waals surface area contributed by atoms with Gasteiger partial charge in [0.2, 0.25) is 11.8 Å². The minimum atomic E-state index is -4.68. The van der Waals surface area contributed by atoms with Crippen molar-refractivity contribution in [3.8, 4) is 0 Å². The number of Topliss-reactive ketones (excluding diaryl/α,β-unsaturated/α-hetero) is 1. The maximum absolute atomic E-state index is 13.3. The molecule has 4 aromatic carbocycles. The first-order chi connectivity index (χ1) is 34.5. The monoisotopic (exact) mass is 1170 g/mol. The van der Waals surface area contributed by atoms with E-state index in [1.54, 1.807) is 24.3 Å². The fraction of sp³-hybridized carbons (Fsp3) is 0.434. The number of rotatable bonds is 17. The number of halogens is 9. The lowest BCUT2D eigenvalue weighted by Gasteiger charge is -2.33. The number of aryl methyl sites for hydroxylation is 1. The largest absolute Gasteiger partial charge is 0.416 e. The van der Waals surface area contributed by atoms with Crippen LogP contribution < -0.4 is 26.6 Å². The van der Waals surface area contributed by atoms with Crippen molar-refractivity contribution < 1.29 is 55.1 Å². The maximum Gasteiger partial charge on any atom is 0.416 e. The number of amides is 5. The van der Waals surface area contributed by atoms with E-state index in [4.69, 9.17) is 23.2 Å². The zero-order valence-corrected chi connectivity index (χ0v) is 43.9. The molecule has 5 amide bonds. The van der Waals surface area contributed by atoms with Crippen LogP contribution in [-0.4, -0.2) is 66.5 Å². The van der Waals surface area contributed by atoms with E-state index >= 15 is 0 Å². The molecule has 0 aromatic heterocycles. The summed E-state index contributed by atoms with van der Waals surface area (Å²) in [5.74, 6) is -2.61. The van der Waals surface area contributed by atoms with Crippen LogP contribution in [0.2, 0.25) is 10.0 Å². The summed E-state index contributed by atoms with van der Waals surface area (Å²) in [6.45, 7) is 2.92. The molecule has 2 saturated carbocycles. The SMILES string of the molecule is CC(C)CC(=O)Cc1ccc(C(F)(F)F)cc1C(=O)NCC(=O)N[C@H]1CCCC[C@H]1NC(=O)c1ccc(I)cc1.O=C(CNC(=O)c1cccc(C(F)(F)F)c1)N[C@H]1CCCC[C@@H]1CCc1ccc(Cl)cc1Cl. The highest BCUT2D eigenvalue weighted by Crippen LogP contribution is 2.33. The van der Waals surface area contributed by atoms with E-state index in [1.165, 1.54) is 6.07 Å². The van der Waals surface area contributed by atoms with Gasteiger partial charge in [-0.2, -0.15) is 26.3 Å². The van der Waals surface area contributed by atoms with Crippen LogP contribution in [-0.2, 0) is 39.6 Å². The topological polar surface area (TPSA) is 163 Å². The molecule has 394 valence electrons. The van der Waals surface area contributed by atoms with Gasteiger partial charge in [0.25, 0.3) is 17.7 Å². The third-order valence-electron chi connectivity index (χ3n) is 12.6. The van der Waals surface area contributed by atoms with Gasteiger partial charge < -0.3 is 26.6 Å². The normalized spacial score (nSPS) is 17.9. The standard InChI is InChI=1S/C29H33F3IN3O4.C24H25Cl2F3N2O2/c1-17(2)13-22(37)14-19-7-10-20(29(30,31)32)15-23(19)28(40)34-16-26(38)35-24-5-3-4-6-25(24)36-27(39)18-8-11-21(33)12-9-18;25-19-11-10-15(20(26)13-19)8-9-16-4-1-2-7-21(16)31-22(32)14-30-23(33)17-5-3-6-18(12-17)24(27,28)29/h7-12,15,17,24-25H,3-6,13-14,16H2,1-2H3,(H,34,40)(H,35,38)(H,36,39);3,5-6,10-13,16,21H,1-2,4,7-9,14H2,(H,30,33)(H,31,32)/t24-,25+;16-,21+/m01/s1. The first kappa shape index (κ1) is 58.7. The first-order valence-electron chi connectivity index (χ1n) is 24.0. The third kappa shape index (κ3) is 18.9. The van der Waals surface area contributed by atoms with E-state index in [0.717, 1.165) is 90.8 Å². The molecule has 0 aliphatic heterocycles. The van der Waals surface area contributed by atoms with Gasteiger partial charge in [-0.15, -0.1) is 0 Å². The molecule has 2 aliphatic rings. The highest BCUT2D eigenvalue weighted by Gasteiger charge is 2.34. The molecule has 2 fully saturated rings. The van der Waals surface area contributed by atoms with Gasteiger partial charge in [-0.25, -0.2) is 0 Å². The van der Waals surface area contributed by atoms with Crippen LogP contribution in [0.25, 0.3) is 0 Å². The summed E-state index contributed by atoms with van der Waals surface area (Å²) in [6, 6.07) is 18.6. The maximum atomic E-state index is 13.3. The molecular formula is C53H58Cl2F6IN5O6. The number of carbonyl (C=O) groups excluding carboxylic acids is 6. The lowest BCUT2D eigenvalue weighted by molar-refractivity contribution is -0.138. The molecule has 4 atom stereocenters. The molecular weight excluding hydrogens is 1110 g/mol. The van der Waals surface area contributed by atoms with E-state index in [1.807, 2.05) is 32.0 Å². The summed E-state index contributed by atoms with van der Waals surface area (Å²) in [7, 11) is 0. The minimum Gasteiger partial charge on any atom is -0.352 e. The minimum absolute atomic E-state index is 0.0252. The van der Waals surface area contributed by atoms with Gasteiger partial charge in [-0.3, -0.25) is 28.8 Å². The number of hydrogen-bond acceptors (Lipinski definition) is 6.